The molecule has 0 heterocycles. The zero-order chi connectivity index (χ0) is 3.41. The minimum atomic E-state index is 1.14. The summed E-state index contributed by atoms with van der Waals surface area (Å²) in [7, 11) is 0. The first-order valence-corrected chi connectivity index (χ1v) is 1.03. The fourth-order valence-electron chi connectivity index (χ4n) is 0. The molecule has 0 N–H and O–H groups in total. The second-order valence-electron chi connectivity index (χ2n) is 0.402. The van der Waals surface area contributed by atoms with Gasteiger partial charge in [-0.2, -0.15) is 0 Å². The molecule has 0 aromatic rings. The molecule has 2 radical (unpaired) electrons. The van der Waals surface area contributed by atoms with Gasteiger partial charge < -0.3 is 0 Å². The average molecular weight is 52.1 g/mol. The van der Waals surface area contributed by atoms with E-state index < -0.39 is 0 Å². The molecule has 0 bridgehead atoms. The molecule has 0 amide bonds. The summed E-state index contributed by atoms with van der Waals surface area (Å²) in [4.78, 5) is 0. The van der Waals surface area contributed by atoms with Crippen molar-refractivity contribution in [3.63, 3.8) is 0 Å². The zero-order valence-electron chi connectivity index (χ0n) is 2.36. The van der Waals surface area contributed by atoms with E-state index in [1.807, 2.05) is 0 Å². The van der Waals surface area contributed by atoms with Crippen molar-refractivity contribution in [3.8, 4) is 0 Å². The topological polar surface area (TPSA) is 0 Å². The summed E-state index contributed by atoms with van der Waals surface area (Å²) in [5, 5.41) is 0. The van der Waals surface area contributed by atoms with Crippen molar-refractivity contribution < 1.29 is 0 Å². The number of hydrogen-bond acceptors (Lipinski definition) is 0. The van der Waals surface area contributed by atoms with E-state index in [4.69, 9.17) is 6.58 Å². The molecule has 0 unspecified atom stereocenters. The molecule has 0 aliphatic carbocycles. The largest absolute Gasteiger partial charge is 0.0990 e. The zero-order valence-corrected chi connectivity index (χ0v) is 2.36. The third-order valence-electron chi connectivity index (χ3n) is 0.118. The van der Waals surface area contributed by atoms with Crippen LogP contribution >= 0.6 is 0 Å². The molecular formula is C4H4. The molecule has 0 saturated heterocycles. The van der Waals surface area contributed by atoms with Crippen LogP contribution in [-0.2, 0) is 0 Å². The quantitative estimate of drug-likeness (QED) is 0.391. The Morgan fingerprint density at radius 1 is 1.75 bits per heavy atom. The summed E-state index contributed by atoms with van der Waals surface area (Å²) in [5.74, 6) is 0. The van der Waals surface area contributed by atoms with E-state index in [1.165, 1.54) is 6.08 Å². The summed E-state index contributed by atoms with van der Waals surface area (Å²) in [6.07, 6.45) is 2.56. The molecule has 4 heavy (non-hydrogen) atoms. The minimum absolute atomic E-state index is 1.14. The van der Waals surface area contributed by atoms with E-state index in [-0.39, 0.29) is 0 Å². The van der Waals surface area contributed by atoms with Gasteiger partial charge in [-0.3, -0.25) is 0 Å². The Bertz CT molecular complexity index is 21.0. The van der Waals surface area contributed by atoms with E-state index in [2.05, 4.69) is 6.58 Å². The molecular weight excluding hydrogens is 48.0 g/mol. The van der Waals surface area contributed by atoms with Crippen LogP contribution in [0.1, 0.15) is 0 Å². The normalized spacial score (nSPS) is 5.00. The molecule has 20 valence electrons. The molecule has 0 spiro atoms. The third-order valence-corrected chi connectivity index (χ3v) is 0.118. The molecule has 0 nitrogen and oxygen atoms in total. The molecule has 0 heteroatoms. The van der Waals surface area contributed by atoms with Crippen LogP contribution in [0.5, 0.6) is 0 Å². The van der Waals surface area contributed by atoms with Crippen molar-refractivity contribution >= 4 is 0 Å². The number of hydrogen-bond donors (Lipinski definition) is 0. The molecule has 0 aromatic carbocycles. The second-order valence-corrected chi connectivity index (χ2v) is 0.402. The molecule has 0 rings (SSSR count). The highest BCUT2D eigenvalue weighted by atomic mass is 13.4. The highest BCUT2D eigenvalue weighted by Crippen LogP contribution is 1.51. The molecule has 0 atom stereocenters. The van der Waals surface area contributed by atoms with Crippen LogP contribution in [0.25, 0.3) is 0 Å². The Labute approximate surface area is 26.5 Å². The first kappa shape index (κ1) is 3.48. The highest BCUT2D eigenvalue weighted by Gasteiger charge is 1.31. The Morgan fingerprint density at radius 3 is 2.00 bits per heavy atom. The second kappa shape index (κ2) is 2.48. The maximum Gasteiger partial charge on any atom is -0.00992 e. The lowest BCUT2D eigenvalue weighted by atomic mass is 10.6. The van der Waals surface area contributed by atoms with E-state index in [0.717, 1.165) is 6.08 Å². The van der Waals surface area contributed by atoms with Crippen molar-refractivity contribution in [1.29, 1.82) is 0 Å². The summed E-state index contributed by atoms with van der Waals surface area (Å²) in [6.45, 7) is 9.44. The standard InChI is InChI=1S/C4H4/c1-3-4-2/h3-4H,1H2. The van der Waals surface area contributed by atoms with E-state index in [0.29, 0.717) is 0 Å². The van der Waals surface area contributed by atoms with Gasteiger partial charge in [-0.05, 0) is 6.58 Å². The van der Waals surface area contributed by atoms with Crippen molar-refractivity contribution in [1.82, 2.24) is 0 Å². The average Bonchev–Trinajstić information content (AvgIpc) is 1.37. The lowest BCUT2D eigenvalue weighted by molar-refractivity contribution is 2.11. The van der Waals surface area contributed by atoms with Crippen LogP contribution in [-0.4, -0.2) is 0 Å². The Kier molecular flexibility index (Phi) is 2.16. The predicted molar refractivity (Wildman–Crippen MR) is 18.0 cm³/mol. The maximum absolute atomic E-state index is 6.21. The molecule has 0 aliphatic heterocycles. The Morgan fingerprint density at radius 2 is 2.00 bits per heavy atom. The summed E-state index contributed by atoms with van der Waals surface area (Å²) in [6, 6.07) is 0. The van der Waals surface area contributed by atoms with Crippen molar-refractivity contribution in [3.05, 3.63) is 25.3 Å². The lowest BCUT2D eigenvalue weighted by Crippen LogP contribution is -1.22. The Hall–Kier alpha value is -0.520. The smallest absolute Gasteiger partial charge is 0.00992 e. The van der Waals surface area contributed by atoms with Crippen LogP contribution in [0.15, 0.2) is 18.7 Å². The van der Waals surface area contributed by atoms with Gasteiger partial charge >= 0.3 is 0 Å². The fourth-order valence-corrected chi connectivity index (χ4v) is 0. The molecule has 0 aromatic heterocycles. The van der Waals surface area contributed by atoms with Gasteiger partial charge in [-0.15, -0.1) is 0 Å². The third kappa shape index (κ3) is 1.48. The van der Waals surface area contributed by atoms with Gasteiger partial charge in [0.1, 0.15) is 0 Å². The van der Waals surface area contributed by atoms with Crippen LogP contribution in [0, 0.1) is 6.58 Å². The van der Waals surface area contributed by atoms with E-state index in [1.54, 1.807) is 0 Å². The molecule has 0 aliphatic rings. The summed E-state index contributed by atoms with van der Waals surface area (Å²) in [5.41, 5.74) is 0. The van der Waals surface area contributed by atoms with Gasteiger partial charge in [0, 0.05) is 0 Å². The molecule has 0 saturated carbocycles. The monoisotopic (exact) mass is 52.0 g/mol. The van der Waals surface area contributed by atoms with Crippen LogP contribution in [0.4, 0.5) is 0 Å². The van der Waals surface area contributed by atoms with Crippen molar-refractivity contribution in [2.24, 2.45) is 0 Å². The van der Waals surface area contributed by atoms with Gasteiger partial charge in [-0.25, -0.2) is 0 Å². The lowest BCUT2D eigenvalue weighted by Gasteiger charge is -1.43. The predicted octanol–water partition coefficient (Wildman–Crippen LogP) is 1.04. The maximum atomic E-state index is 6.21. The number of rotatable bonds is 1. The first-order chi connectivity index (χ1) is 1.91. The van der Waals surface area contributed by atoms with Crippen LogP contribution in [0.3, 0.4) is 0 Å². The summed E-state index contributed by atoms with van der Waals surface area (Å²) < 4.78 is 0. The van der Waals surface area contributed by atoms with Crippen molar-refractivity contribution in [2.75, 3.05) is 0 Å². The fraction of sp³-hybridized carbons (Fsp3) is 0. The van der Waals surface area contributed by atoms with E-state index >= 15 is 0 Å². The van der Waals surface area contributed by atoms with E-state index in [9.17, 15) is 0 Å². The highest BCUT2D eigenvalue weighted by molar-refractivity contribution is 4.86. The van der Waals surface area contributed by atoms with Gasteiger partial charge in [0.2, 0.25) is 0 Å². The van der Waals surface area contributed by atoms with Crippen LogP contribution in [0.2, 0.25) is 0 Å². The minimum Gasteiger partial charge on any atom is -0.0990 e. The molecule has 0 fully saturated rings. The Balaban J connectivity index is 2.73. The number of allylic oxidation sites excluding steroid dienone is 2. The van der Waals surface area contributed by atoms with Gasteiger partial charge in [0.15, 0.2) is 0 Å². The van der Waals surface area contributed by atoms with Crippen LogP contribution < -0.4 is 0 Å². The first-order valence-electron chi connectivity index (χ1n) is 1.03. The van der Waals surface area contributed by atoms with Gasteiger partial charge in [0.05, 0.1) is 0 Å². The SMILES string of the molecule is [C]=CC=C. The van der Waals surface area contributed by atoms with Crippen molar-refractivity contribution in [2.45, 2.75) is 0 Å². The summed E-state index contributed by atoms with van der Waals surface area (Å²) >= 11 is 0. The van der Waals surface area contributed by atoms with Gasteiger partial charge in [0.25, 0.3) is 0 Å². The van der Waals surface area contributed by atoms with Gasteiger partial charge in [-0.1, -0.05) is 18.7 Å².